The molecule has 1 aromatic carbocycles. The third-order valence-corrected chi connectivity index (χ3v) is 3.01. The average Bonchev–Trinajstić information content (AvgIpc) is 2.87. The van der Waals surface area contributed by atoms with Gasteiger partial charge in [-0.3, -0.25) is 4.79 Å². The number of hydrogen-bond donors (Lipinski definition) is 1. The molecule has 112 valence electrons. The number of methoxy groups -OCH3 is 1. The molecule has 0 fully saturated rings. The predicted octanol–water partition coefficient (Wildman–Crippen LogP) is 0.769. The molecule has 2 rings (SSSR count). The quantitative estimate of drug-likeness (QED) is 0.869. The number of ether oxygens (including phenoxy) is 3. The molecule has 0 saturated heterocycles. The van der Waals surface area contributed by atoms with Gasteiger partial charge in [0.15, 0.2) is 11.5 Å². The van der Waals surface area contributed by atoms with Gasteiger partial charge < -0.3 is 24.8 Å². The van der Waals surface area contributed by atoms with E-state index in [0.29, 0.717) is 12.3 Å². The second-order valence-electron chi connectivity index (χ2n) is 4.34. The lowest BCUT2D eigenvalue weighted by molar-refractivity contribution is -0.140. The maximum absolute atomic E-state index is 12.0. The molecule has 1 heterocycles. The topological polar surface area (TPSA) is 74.0 Å². The lowest BCUT2D eigenvalue weighted by Crippen LogP contribution is -2.41. The number of halogens is 1. The van der Waals surface area contributed by atoms with E-state index < -0.39 is 6.10 Å². The van der Waals surface area contributed by atoms with Gasteiger partial charge in [0.25, 0.3) is 5.91 Å². The summed E-state index contributed by atoms with van der Waals surface area (Å²) < 4.78 is 15.6. The fraction of sp³-hybridized carbons (Fsp3) is 0.462. The first kappa shape index (κ1) is 16.6. The van der Waals surface area contributed by atoms with Gasteiger partial charge in [0.05, 0.1) is 0 Å². The molecule has 0 bridgehead atoms. The lowest BCUT2D eigenvalue weighted by Gasteiger charge is -2.22. The minimum atomic E-state index is -0.598. The van der Waals surface area contributed by atoms with Gasteiger partial charge in [-0.05, 0) is 17.7 Å². The third-order valence-electron chi connectivity index (χ3n) is 3.01. The Labute approximate surface area is 124 Å². The Balaban J connectivity index is 0.00000200. The van der Waals surface area contributed by atoms with Gasteiger partial charge in [0.1, 0.15) is 6.10 Å². The van der Waals surface area contributed by atoms with Crippen molar-refractivity contribution in [3.63, 3.8) is 0 Å². The second kappa shape index (κ2) is 7.33. The molecule has 1 atom stereocenters. The molecule has 1 aliphatic heterocycles. The minimum Gasteiger partial charge on any atom is -0.454 e. The molecule has 0 aromatic heterocycles. The standard InChI is InChI=1S/C13H18N2O4.ClH/c1-15(13(16)12(6-14)17-2)7-9-3-4-10-11(5-9)19-8-18-10;/h3-5,12H,6-8,14H2,1-2H3;1H. The molecule has 1 aliphatic rings. The summed E-state index contributed by atoms with van der Waals surface area (Å²) in [5, 5.41) is 0. The molecule has 7 heteroatoms. The van der Waals surface area contributed by atoms with E-state index in [9.17, 15) is 4.79 Å². The number of amides is 1. The first-order chi connectivity index (χ1) is 9.15. The normalized spacial score (nSPS) is 13.6. The van der Waals surface area contributed by atoms with E-state index in [1.807, 2.05) is 18.2 Å². The number of fused-ring (bicyclic) bond motifs is 1. The van der Waals surface area contributed by atoms with Crippen molar-refractivity contribution < 1.29 is 19.0 Å². The third kappa shape index (κ3) is 3.53. The van der Waals surface area contributed by atoms with Gasteiger partial charge >= 0.3 is 0 Å². The Morgan fingerprint density at radius 3 is 2.80 bits per heavy atom. The molecule has 1 amide bonds. The number of rotatable bonds is 5. The molecule has 0 radical (unpaired) electrons. The van der Waals surface area contributed by atoms with E-state index in [1.165, 1.54) is 7.11 Å². The Kier molecular flexibility index (Phi) is 6.06. The van der Waals surface area contributed by atoms with Crippen molar-refractivity contribution in [3.05, 3.63) is 23.8 Å². The van der Waals surface area contributed by atoms with E-state index in [-0.39, 0.29) is 31.7 Å². The number of likely N-dealkylation sites (N-methyl/N-ethyl adjacent to an activating group) is 1. The van der Waals surface area contributed by atoms with Gasteiger partial charge in [-0.15, -0.1) is 12.4 Å². The molecule has 0 spiro atoms. The highest BCUT2D eigenvalue weighted by molar-refractivity contribution is 5.85. The molecule has 1 aromatic rings. The second-order valence-corrected chi connectivity index (χ2v) is 4.34. The average molecular weight is 303 g/mol. The van der Waals surface area contributed by atoms with Crippen LogP contribution >= 0.6 is 12.4 Å². The fourth-order valence-electron chi connectivity index (χ4n) is 1.93. The highest BCUT2D eigenvalue weighted by Gasteiger charge is 2.21. The number of hydrogen-bond acceptors (Lipinski definition) is 5. The van der Waals surface area contributed by atoms with Crippen LogP contribution in [0.2, 0.25) is 0 Å². The van der Waals surface area contributed by atoms with Crippen LogP contribution in [0.15, 0.2) is 18.2 Å². The lowest BCUT2D eigenvalue weighted by atomic mass is 10.2. The number of nitrogens with zero attached hydrogens (tertiary/aromatic N) is 1. The van der Waals surface area contributed by atoms with Crippen molar-refractivity contribution in [1.29, 1.82) is 0 Å². The molecule has 6 nitrogen and oxygen atoms in total. The summed E-state index contributed by atoms with van der Waals surface area (Å²) in [4.78, 5) is 13.6. The van der Waals surface area contributed by atoms with Gasteiger partial charge in [-0.1, -0.05) is 6.07 Å². The molecule has 1 unspecified atom stereocenters. The van der Waals surface area contributed by atoms with Crippen LogP contribution in [0.3, 0.4) is 0 Å². The molecular weight excluding hydrogens is 284 g/mol. The zero-order valence-corrected chi connectivity index (χ0v) is 12.3. The fourth-order valence-corrected chi connectivity index (χ4v) is 1.93. The number of carbonyl (C=O) groups excluding carboxylic acids is 1. The van der Waals surface area contributed by atoms with Crippen molar-refractivity contribution in [2.75, 3.05) is 27.5 Å². The van der Waals surface area contributed by atoms with Crippen LogP contribution in [-0.4, -0.2) is 44.4 Å². The zero-order chi connectivity index (χ0) is 13.8. The first-order valence-electron chi connectivity index (χ1n) is 6.02. The zero-order valence-electron chi connectivity index (χ0n) is 11.5. The predicted molar refractivity (Wildman–Crippen MR) is 76.1 cm³/mol. The van der Waals surface area contributed by atoms with Crippen molar-refractivity contribution >= 4 is 18.3 Å². The molecule has 20 heavy (non-hydrogen) atoms. The highest BCUT2D eigenvalue weighted by Crippen LogP contribution is 2.32. The summed E-state index contributed by atoms with van der Waals surface area (Å²) in [5.41, 5.74) is 6.44. The van der Waals surface area contributed by atoms with Gasteiger partial charge in [-0.2, -0.15) is 0 Å². The van der Waals surface area contributed by atoms with Gasteiger partial charge in [0.2, 0.25) is 6.79 Å². The van der Waals surface area contributed by atoms with Crippen molar-refractivity contribution in [2.45, 2.75) is 12.6 Å². The van der Waals surface area contributed by atoms with Gasteiger partial charge in [0, 0.05) is 27.2 Å². The Hall–Kier alpha value is -1.50. The van der Waals surface area contributed by atoms with E-state index in [1.54, 1.807) is 11.9 Å². The minimum absolute atomic E-state index is 0. The summed E-state index contributed by atoms with van der Waals surface area (Å²) in [5.74, 6) is 1.30. The number of nitrogens with two attached hydrogens (primary N) is 1. The monoisotopic (exact) mass is 302 g/mol. The van der Waals surface area contributed by atoms with E-state index in [2.05, 4.69) is 0 Å². The summed E-state index contributed by atoms with van der Waals surface area (Å²) in [6.45, 7) is 0.878. The molecule has 0 saturated carbocycles. The van der Waals surface area contributed by atoms with Crippen LogP contribution in [0.5, 0.6) is 11.5 Å². The number of benzene rings is 1. The Morgan fingerprint density at radius 2 is 2.15 bits per heavy atom. The summed E-state index contributed by atoms with van der Waals surface area (Å²) in [6, 6.07) is 5.62. The van der Waals surface area contributed by atoms with E-state index in [4.69, 9.17) is 19.9 Å². The summed E-state index contributed by atoms with van der Waals surface area (Å²) in [6.07, 6.45) is -0.598. The largest absolute Gasteiger partial charge is 0.454 e. The van der Waals surface area contributed by atoms with Crippen LogP contribution in [-0.2, 0) is 16.1 Å². The van der Waals surface area contributed by atoms with Crippen LogP contribution in [0.1, 0.15) is 5.56 Å². The maximum Gasteiger partial charge on any atom is 0.253 e. The maximum atomic E-state index is 12.0. The van der Waals surface area contributed by atoms with Crippen LogP contribution < -0.4 is 15.2 Å². The molecule has 2 N–H and O–H groups in total. The van der Waals surface area contributed by atoms with Crippen LogP contribution in [0.4, 0.5) is 0 Å². The molecule has 0 aliphatic carbocycles. The number of carbonyl (C=O) groups is 1. The Morgan fingerprint density at radius 1 is 1.45 bits per heavy atom. The summed E-state index contributed by atoms with van der Waals surface area (Å²) >= 11 is 0. The molecular formula is C13H19ClN2O4. The first-order valence-corrected chi connectivity index (χ1v) is 6.02. The van der Waals surface area contributed by atoms with Crippen LogP contribution in [0, 0.1) is 0 Å². The van der Waals surface area contributed by atoms with Crippen molar-refractivity contribution in [1.82, 2.24) is 4.90 Å². The van der Waals surface area contributed by atoms with Crippen molar-refractivity contribution in [3.8, 4) is 11.5 Å². The van der Waals surface area contributed by atoms with Crippen molar-refractivity contribution in [2.24, 2.45) is 5.73 Å². The van der Waals surface area contributed by atoms with Gasteiger partial charge in [-0.25, -0.2) is 0 Å². The van der Waals surface area contributed by atoms with E-state index >= 15 is 0 Å². The Bertz CT molecular complexity index is 466. The summed E-state index contributed by atoms with van der Waals surface area (Å²) in [7, 11) is 3.19. The highest BCUT2D eigenvalue weighted by atomic mass is 35.5. The smallest absolute Gasteiger partial charge is 0.253 e. The SMILES string of the molecule is COC(CN)C(=O)N(C)Cc1ccc2c(c1)OCO2.Cl. The van der Waals surface area contributed by atoms with E-state index in [0.717, 1.165) is 11.3 Å². The van der Waals surface area contributed by atoms with Crippen LogP contribution in [0.25, 0.3) is 0 Å².